The van der Waals surface area contributed by atoms with Gasteiger partial charge in [0, 0.05) is 25.3 Å². The van der Waals surface area contributed by atoms with Crippen LogP contribution in [-0.2, 0) is 0 Å². The number of aromatic nitrogens is 1. The van der Waals surface area contributed by atoms with Crippen molar-refractivity contribution in [3.8, 4) is 0 Å². The number of carboxylic acid groups (broad SMARTS) is 1. The van der Waals surface area contributed by atoms with Crippen LogP contribution < -0.4 is 4.90 Å². The van der Waals surface area contributed by atoms with Crippen molar-refractivity contribution in [2.24, 2.45) is 0 Å². The number of nitro groups is 1. The lowest BCUT2D eigenvalue weighted by Crippen LogP contribution is -2.41. The zero-order valence-corrected chi connectivity index (χ0v) is 11.4. The van der Waals surface area contributed by atoms with E-state index in [4.69, 9.17) is 10.2 Å². The highest BCUT2D eigenvalue weighted by molar-refractivity contribution is 5.86. The predicted octanol–water partition coefficient (Wildman–Crippen LogP) is 1.43. The molecule has 1 aromatic rings. The Kier molecular flexibility index (Phi) is 4.69. The van der Waals surface area contributed by atoms with Gasteiger partial charge >= 0.3 is 11.7 Å². The van der Waals surface area contributed by atoms with E-state index in [1.165, 1.54) is 6.07 Å². The number of rotatable bonds is 5. The average Bonchev–Trinajstić information content (AvgIpc) is 2.47. The van der Waals surface area contributed by atoms with Crippen molar-refractivity contribution in [3.63, 3.8) is 0 Å². The third-order valence-electron chi connectivity index (χ3n) is 3.63. The zero-order chi connectivity index (χ0) is 15.4. The van der Waals surface area contributed by atoms with Crippen LogP contribution in [0, 0.1) is 10.1 Å². The monoisotopic (exact) mass is 295 g/mol. The highest BCUT2D eigenvalue weighted by atomic mass is 16.6. The van der Waals surface area contributed by atoms with Gasteiger partial charge in [-0.15, -0.1) is 0 Å². The van der Waals surface area contributed by atoms with Crippen molar-refractivity contribution < 1.29 is 19.9 Å². The van der Waals surface area contributed by atoms with Gasteiger partial charge in [-0.2, -0.15) is 0 Å². The SMILES string of the molecule is O=C(O)c1ccc([N+](=O)[O-])c(N2CCCCC2CCO)n1. The van der Waals surface area contributed by atoms with Gasteiger partial charge in [-0.3, -0.25) is 10.1 Å². The number of carboxylic acids is 1. The maximum atomic E-state index is 11.2. The van der Waals surface area contributed by atoms with Gasteiger partial charge in [0.05, 0.1) is 4.92 Å². The lowest BCUT2D eigenvalue weighted by Gasteiger charge is -2.36. The molecular weight excluding hydrogens is 278 g/mol. The average molecular weight is 295 g/mol. The number of carbonyl (C=O) groups is 1. The predicted molar refractivity (Wildman–Crippen MR) is 74.5 cm³/mol. The Morgan fingerprint density at radius 2 is 2.24 bits per heavy atom. The molecule has 1 aromatic heterocycles. The summed E-state index contributed by atoms with van der Waals surface area (Å²) in [5, 5.41) is 29.3. The minimum Gasteiger partial charge on any atom is -0.477 e. The summed E-state index contributed by atoms with van der Waals surface area (Å²) >= 11 is 0. The third-order valence-corrected chi connectivity index (χ3v) is 3.63. The van der Waals surface area contributed by atoms with E-state index < -0.39 is 10.9 Å². The summed E-state index contributed by atoms with van der Waals surface area (Å²) < 4.78 is 0. The third kappa shape index (κ3) is 3.27. The quantitative estimate of drug-likeness (QED) is 0.623. The van der Waals surface area contributed by atoms with Crippen LogP contribution in [0.1, 0.15) is 36.2 Å². The zero-order valence-electron chi connectivity index (χ0n) is 11.4. The molecule has 0 saturated carbocycles. The molecule has 0 aliphatic carbocycles. The van der Waals surface area contributed by atoms with E-state index in [1.807, 2.05) is 0 Å². The van der Waals surface area contributed by atoms with Crippen LogP contribution in [0.3, 0.4) is 0 Å². The normalized spacial score (nSPS) is 18.5. The van der Waals surface area contributed by atoms with Crippen LogP contribution in [0.25, 0.3) is 0 Å². The summed E-state index contributed by atoms with van der Waals surface area (Å²) in [5.74, 6) is -1.14. The fourth-order valence-corrected chi connectivity index (χ4v) is 2.64. The number of aliphatic hydroxyl groups is 1. The van der Waals surface area contributed by atoms with E-state index in [2.05, 4.69) is 4.98 Å². The van der Waals surface area contributed by atoms with Crippen LogP contribution in [0.2, 0.25) is 0 Å². The number of piperidine rings is 1. The summed E-state index contributed by atoms with van der Waals surface area (Å²) in [7, 11) is 0. The highest BCUT2D eigenvalue weighted by Gasteiger charge is 2.30. The number of aromatic carboxylic acids is 1. The molecule has 1 saturated heterocycles. The van der Waals surface area contributed by atoms with Gasteiger partial charge < -0.3 is 15.1 Å². The summed E-state index contributed by atoms with van der Waals surface area (Å²) in [4.78, 5) is 27.3. The minimum atomic E-state index is -1.22. The Balaban J connectivity index is 2.44. The Bertz CT molecular complexity index is 547. The Hall–Kier alpha value is -2.22. The molecule has 8 heteroatoms. The maximum Gasteiger partial charge on any atom is 0.354 e. The van der Waals surface area contributed by atoms with Gasteiger partial charge in [0.2, 0.25) is 5.82 Å². The van der Waals surface area contributed by atoms with Gasteiger partial charge in [-0.25, -0.2) is 9.78 Å². The van der Waals surface area contributed by atoms with Gasteiger partial charge in [-0.1, -0.05) is 0 Å². The molecule has 114 valence electrons. The summed E-state index contributed by atoms with van der Waals surface area (Å²) in [6.45, 7) is 0.551. The van der Waals surface area contributed by atoms with Crippen molar-refractivity contribution in [2.45, 2.75) is 31.7 Å². The number of pyridine rings is 1. The lowest BCUT2D eigenvalue weighted by atomic mass is 9.99. The van der Waals surface area contributed by atoms with Crippen molar-refractivity contribution in [1.29, 1.82) is 0 Å². The first kappa shape index (κ1) is 15.2. The van der Waals surface area contributed by atoms with Crippen LogP contribution in [0.5, 0.6) is 0 Å². The number of aliphatic hydroxyl groups excluding tert-OH is 1. The molecule has 0 amide bonds. The molecular formula is C13H17N3O5. The van der Waals surface area contributed by atoms with Crippen LogP contribution in [0.4, 0.5) is 11.5 Å². The Morgan fingerprint density at radius 1 is 1.48 bits per heavy atom. The molecule has 1 aliphatic heterocycles. The van der Waals surface area contributed by atoms with Crippen molar-refractivity contribution in [2.75, 3.05) is 18.1 Å². The van der Waals surface area contributed by atoms with Gasteiger partial charge in [0.1, 0.15) is 0 Å². The molecule has 21 heavy (non-hydrogen) atoms. The molecule has 2 heterocycles. The second-order valence-electron chi connectivity index (χ2n) is 4.96. The Labute approximate surface area is 121 Å². The van der Waals surface area contributed by atoms with E-state index in [-0.39, 0.29) is 29.8 Å². The van der Waals surface area contributed by atoms with E-state index in [0.29, 0.717) is 13.0 Å². The molecule has 8 nitrogen and oxygen atoms in total. The number of hydrogen-bond donors (Lipinski definition) is 2. The molecule has 0 radical (unpaired) electrons. The van der Waals surface area contributed by atoms with Gasteiger partial charge in [0.25, 0.3) is 0 Å². The smallest absolute Gasteiger partial charge is 0.354 e. The van der Waals surface area contributed by atoms with Crippen molar-refractivity contribution >= 4 is 17.5 Å². The molecule has 0 bridgehead atoms. The Morgan fingerprint density at radius 3 is 2.86 bits per heavy atom. The molecule has 0 spiro atoms. The van der Waals surface area contributed by atoms with E-state index in [9.17, 15) is 14.9 Å². The first-order valence-corrected chi connectivity index (χ1v) is 6.81. The first-order chi connectivity index (χ1) is 10.0. The standard InChI is InChI=1S/C13H17N3O5/c17-8-6-9-3-1-2-7-15(9)12-11(16(20)21)5-4-10(14-12)13(18)19/h4-5,9,17H,1-3,6-8H2,(H,18,19). The van der Waals surface area contributed by atoms with E-state index >= 15 is 0 Å². The van der Waals surface area contributed by atoms with E-state index in [0.717, 1.165) is 25.3 Å². The highest BCUT2D eigenvalue weighted by Crippen LogP contribution is 2.32. The first-order valence-electron chi connectivity index (χ1n) is 6.81. The largest absolute Gasteiger partial charge is 0.477 e. The van der Waals surface area contributed by atoms with Crippen LogP contribution in [-0.4, -0.2) is 45.3 Å². The second kappa shape index (κ2) is 6.49. The molecule has 1 unspecified atom stereocenters. The van der Waals surface area contributed by atoms with Crippen molar-refractivity contribution in [3.05, 3.63) is 27.9 Å². The van der Waals surface area contributed by atoms with Crippen molar-refractivity contribution in [1.82, 2.24) is 4.98 Å². The topological polar surface area (TPSA) is 117 Å². The summed E-state index contributed by atoms with van der Waals surface area (Å²) in [5.41, 5.74) is -0.422. The number of nitrogens with zero attached hydrogens (tertiary/aromatic N) is 3. The molecule has 1 aliphatic rings. The number of hydrogen-bond acceptors (Lipinski definition) is 6. The molecule has 1 fully saturated rings. The van der Waals surface area contributed by atoms with Crippen LogP contribution >= 0.6 is 0 Å². The summed E-state index contributed by atoms with van der Waals surface area (Å²) in [6.07, 6.45) is 3.12. The van der Waals surface area contributed by atoms with Crippen LogP contribution in [0.15, 0.2) is 12.1 Å². The molecule has 1 atom stereocenters. The molecule has 2 N–H and O–H groups in total. The fraction of sp³-hybridized carbons (Fsp3) is 0.538. The second-order valence-corrected chi connectivity index (χ2v) is 4.96. The van der Waals surface area contributed by atoms with Gasteiger partial charge in [0.15, 0.2) is 5.69 Å². The summed E-state index contributed by atoms with van der Waals surface area (Å²) in [6, 6.07) is 2.25. The molecule has 0 aromatic carbocycles. The van der Waals surface area contributed by atoms with Gasteiger partial charge in [-0.05, 0) is 31.7 Å². The van der Waals surface area contributed by atoms with E-state index in [1.54, 1.807) is 4.90 Å². The maximum absolute atomic E-state index is 11.2. The lowest BCUT2D eigenvalue weighted by molar-refractivity contribution is -0.384. The number of anilines is 1. The fourth-order valence-electron chi connectivity index (χ4n) is 2.64. The minimum absolute atomic E-state index is 0.0203. The molecule has 2 rings (SSSR count).